The fraction of sp³-hybridized carbons (Fsp3) is 0.818. The second kappa shape index (κ2) is 6.48. The van der Waals surface area contributed by atoms with E-state index in [0.717, 1.165) is 0 Å². The summed E-state index contributed by atoms with van der Waals surface area (Å²) in [5.74, 6) is -0.0899. The van der Waals surface area contributed by atoms with E-state index in [1.165, 1.54) is 17.7 Å². The molecule has 0 heterocycles. The predicted molar refractivity (Wildman–Crippen MR) is 62.0 cm³/mol. The third-order valence-corrected chi connectivity index (χ3v) is 2.53. The number of hydrogen-bond acceptors (Lipinski definition) is 3. The first-order valence-electron chi connectivity index (χ1n) is 5.87. The number of carbonyl (C=O) groups excluding carboxylic acids is 2. The Morgan fingerprint density at radius 1 is 1.38 bits per heavy atom. The molecule has 16 heavy (non-hydrogen) atoms. The van der Waals surface area contributed by atoms with Gasteiger partial charge >= 0.3 is 0 Å². The first kappa shape index (κ1) is 13.0. The van der Waals surface area contributed by atoms with E-state index in [0.29, 0.717) is 25.6 Å². The second-order valence-corrected chi connectivity index (χ2v) is 4.18. The lowest BCUT2D eigenvalue weighted by Crippen LogP contribution is -2.39. The van der Waals surface area contributed by atoms with Gasteiger partial charge in [0.05, 0.1) is 6.54 Å². The molecule has 1 aliphatic carbocycles. The van der Waals surface area contributed by atoms with Gasteiger partial charge in [-0.1, -0.05) is 0 Å². The largest absolute Gasteiger partial charge is 0.355 e. The third-order valence-electron chi connectivity index (χ3n) is 2.53. The minimum atomic E-state index is -0.103. The van der Waals surface area contributed by atoms with Gasteiger partial charge in [0.15, 0.2) is 0 Å². The average Bonchev–Trinajstić information content (AvgIpc) is 3.01. The van der Waals surface area contributed by atoms with Gasteiger partial charge in [-0.3, -0.25) is 9.59 Å². The highest BCUT2D eigenvalue weighted by Crippen LogP contribution is 2.18. The maximum absolute atomic E-state index is 11.6. The summed E-state index contributed by atoms with van der Waals surface area (Å²) < 4.78 is 0. The molecule has 0 bridgehead atoms. The van der Waals surface area contributed by atoms with Gasteiger partial charge in [0.25, 0.3) is 0 Å². The molecule has 1 saturated carbocycles. The first-order valence-corrected chi connectivity index (χ1v) is 5.87. The highest BCUT2D eigenvalue weighted by molar-refractivity contribution is 5.84. The van der Waals surface area contributed by atoms with Crippen molar-refractivity contribution in [1.29, 1.82) is 0 Å². The van der Waals surface area contributed by atoms with Gasteiger partial charge in [-0.25, -0.2) is 0 Å². The monoisotopic (exact) mass is 227 g/mol. The zero-order chi connectivity index (χ0) is 12.0. The normalized spacial score (nSPS) is 14.6. The van der Waals surface area contributed by atoms with E-state index in [1.54, 1.807) is 7.05 Å². The van der Waals surface area contributed by atoms with Crippen molar-refractivity contribution in [2.75, 3.05) is 26.7 Å². The predicted octanol–water partition coefficient (Wildman–Crippen LogP) is -0.277. The Labute approximate surface area is 96.6 Å². The number of rotatable bonds is 7. The van der Waals surface area contributed by atoms with Crippen LogP contribution in [0.25, 0.3) is 0 Å². The van der Waals surface area contributed by atoms with Crippen molar-refractivity contribution in [1.82, 2.24) is 15.5 Å². The van der Waals surface area contributed by atoms with Crippen LogP contribution < -0.4 is 10.6 Å². The SMILES string of the molecule is CCNC(=O)CN(C)C(=O)CCNC1CC1. The molecule has 5 nitrogen and oxygen atoms in total. The Kier molecular flexibility index (Phi) is 5.25. The van der Waals surface area contributed by atoms with Crippen LogP contribution in [0, 0.1) is 0 Å². The summed E-state index contributed by atoms with van der Waals surface area (Å²) in [4.78, 5) is 24.3. The third kappa shape index (κ3) is 5.11. The Balaban J connectivity index is 2.10. The molecule has 1 aliphatic rings. The van der Waals surface area contributed by atoms with E-state index in [4.69, 9.17) is 0 Å². The van der Waals surface area contributed by atoms with E-state index in [1.807, 2.05) is 6.92 Å². The molecule has 0 saturated heterocycles. The van der Waals surface area contributed by atoms with Crippen LogP contribution in [0.3, 0.4) is 0 Å². The molecule has 2 N–H and O–H groups in total. The van der Waals surface area contributed by atoms with Gasteiger partial charge < -0.3 is 15.5 Å². The highest BCUT2D eigenvalue weighted by atomic mass is 16.2. The summed E-state index contributed by atoms with van der Waals surface area (Å²) in [6.45, 7) is 3.32. The first-order chi connectivity index (χ1) is 7.63. The van der Waals surface area contributed by atoms with Crippen LogP contribution in [0.4, 0.5) is 0 Å². The number of likely N-dealkylation sites (N-methyl/N-ethyl adjacent to an activating group) is 2. The lowest BCUT2D eigenvalue weighted by molar-refractivity contribution is -0.134. The average molecular weight is 227 g/mol. The van der Waals surface area contributed by atoms with Crippen LogP contribution >= 0.6 is 0 Å². The summed E-state index contributed by atoms with van der Waals surface area (Å²) in [6.07, 6.45) is 2.91. The van der Waals surface area contributed by atoms with Crippen LogP contribution in [0.1, 0.15) is 26.2 Å². The molecule has 0 aromatic rings. The number of hydrogen-bond donors (Lipinski definition) is 2. The number of carbonyl (C=O) groups is 2. The van der Waals surface area contributed by atoms with Crippen molar-refractivity contribution in [2.45, 2.75) is 32.2 Å². The molecule has 1 fully saturated rings. The summed E-state index contributed by atoms with van der Waals surface area (Å²) in [5.41, 5.74) is 0. The minimum absolute atomic E-state index is 0.0133. The Bertz CT molecular complexity index is 252. The van der Waals surface area contributed by atoms with E-state index in [2.05, 4.69) is 10.6 Å². The molecule has 1 rings (SSSR count). The molecule has 5 heteroatoms. The van der Waals surface area contributed by atoms with Crippen molar-refractivity contribution in [3.05, 3.63) is 0 Å². The Morgan fingerprint density at radius 3 is 2.62 bits per heavy atom. The van der Waals surface area contributed by atoms with Gasteiger partial charge in [-0.15, -0.1) is 0 Å². The van der Waals surface area contributed by atoms with Crippen LogP contribution in [0.15, 0.2) is 0 Å². The van der Waals surface area contributed by atoms with Crippen LogP contribution in [-0.2, 0) is 9.59 Å². The molecule has 2 amide bonds. The highest BCUT2D eigenvalue weighted by Gasteiger charge is 2.20. The minimum Gasteiger partial charge on any atom is -0.355 e. The van der Waals surface area contributed by atoms with Gasteiger partial charge in [0.2, 0.25) is 11.8 Å². The van der Waals surface area contributed by atoms with E-state index >= 15 is 0 Å². The number of nitrogens with zero attached hydrogens (tertiary/aromatic N) is 1. The van der Waals surface area contributed by atoms with Crippen molar-refractivity contribution >= 4 is 11.8 Å². The number of nitrogens with one attached hydrogen (secondary N) is 2. The summed E-state index contributed by atoms with van der Waals surface area (Å²) in [7, 11) is 1.66. The van der Waals surface area contributed by atoms with E-state index < -0.39 is 0 Å². The summed E-state index contributed by atoms with van der Waals surface area (Å²) in [5, 5.41) is 5.94. The van der Waals surface area contributed by atoms with Crippen molar-refractivity contribution < 1.29 is 9.59 Å². The lowest BCUT2D eigenvalue weighted by Gasteiger charge is -2.16. The molecule has 0 atom stereocenters. The maximum atomic E-state index is 11.6. The summed E-state index contributed by atoms with van der Waals surface area (Å²) >= 11 is 0. The van der Waals surface area contributed by atoms with Gasteiger partial charge in [-0.2, -0.15) is 0 Å². The van der Waals surface area contributed by atoms with Crippen molar-refractivity contribution in [3.8, 4) is 0 Å². The van der Waals surface area contributed by atoms with Crippen molar-refractivity contribution in [2.24, 2.45) is 0 Å². The van der Waals surface area contributed by atoms with Crippen LogP contribution in [-0.4, -0.2) is 49.4 Å². The molecule has 0 spiro atoms. The molecular formula is C11H21N3O2. The zero-order valence-electron chi connectivity index (χ0n) is 10.1. The maximum Gasteiger partial charge on any atom is 0.239 e. The second-order valence-electron chi connectivity index (χ2n) is 4.18. The molecule has 0 aliphatic heterocycles. The zero-order valence-corrected chi connectivity index (χ0v) is 10.1. The molecular weight excluding hydrogens is 206 g/mol. The quantitative estimate of drug-likeness (QED) is 0.629. The Morgan fingerprint density at radius 2 is 2.06 bits per heavy atom. The van der Waals surface area contributed by atoms with E-state index in [9.17, 15) is 9.59 Å². The molecule has 92 valence electrons. The number of amides is 2. The smallest absolute Gasteiger partial charge is 0.239 e. The molecule has 0 aromatic heterocycles. The lowest BCUT2D eigenvalue weighted by atomic mass is 10.3. The molecule has 0 radical (unpaired) electrons. The van der Waals surface area contributed by atoms with Gasteiger partial charge in [0.1, 0.15) is 0 Å². The fourth-order valence-corrected chi connectivity index (χ4v) is 1.42. The molecule has 0 unspecified atom stereocenters. The van der Waals surface area contributed by atoms with Gasteiger partial charge in [0, 0.05) is 32.6 Å². The Hall–Kier alpha value is -1.10. The van der Waals surface area contributed by atoms with Crippen LogP contribution in [0.2, 0.25) is 0 Å². The van der Waals surface area contributed by atoms with Crippen molar-refractivity contribution in [3.63, 3.8) is 0 Å². The van der Waals surface area contributed by atoms with E-state index in [-0.39, 0.29) is 18.4 Å². The topological polar surface area (TPSA) is 61.4 Å². The standard InChI is InChI=1S/C11H21N3O2/c1-3-12-10(15)8-14(2)11(16)6-7-13-9-4-5-9/h9,13H,3-8H2,1-2H3,(H,12,15). The summed E-state index contributed by atoms with van der Waals surface area (Å²) in [6, 6.07) is 0.626. The van der Waals surface area contributed by atoms with Crippen LogP contribution in [0.5, 0.6) is 0 Å². The van der Waals surface area contributed by atoms with Gasteiger partial charge in [-0.05, 0) is 19.8 Å². The fourth-order valence-electron chi connectivity index (χ4n) is 1.42. The molecule has 0 aromatic carbocycles.